The van der Waals surface area contributed by atoms with Crippen molar-refractivity contribution >= 4 is 23.1 Å². The molecule has 4 heteroatoms. The number of carbonyl (C=O) groups excluding carboxylic acids is 1. The smallest absolute Gasteiger partial charge is 0.230 e. The van der Waals surface area contributed by atoms with Crippen molar-refractivity contribution in [1.82, 2.24) is 0 Å². The first-order valence-corrected chi connectivity index (χ1v) is 11.0. The highest BCUT2D eigenvalue weighted by atomic mass is 35.5. The standard InChI is InChI=1S/C25H25ClN2O/c26-20-11-9-17-7-4-8-24(25(29)21(17)15-20)28-14-13-23-19(16-28)10-12-22(27-23)18-5-2-1-3-6-18/h1-3,5-6,13-16,22,24H,4,7-12H2/p+1. The predicted molar refractivity (Wildman–Crippen MR) is 116 cm³/mol. The van der Waals surface area contributed by atoms with Gasteiger partial charge in [-0.05, 0) is 50.2 Å². The highest BCUT2D eigenvalue weighted by Gasteiger charge is 2.35. The lowest BCUT2D eigenvalue weighted by atomic mass is 9.92. The second-order valence-electron chi connectivity index (χ2n) is 8.36. The van der Waals surface area contributed by atoms with E-state index in [1.807, 2.05) is 6.08 Å². The molecule has 5 rings (SSSR count). The number of benzene rings is 1. The van der Waals surface area contributed by atoms with Crippen LogP contribution in [0.4, 0.5) is 5.69 Å². The fraction of sp³-hybridized carbons (Fsp3) is 0.360. The van der Waals surface area contributed by atoms with E-state index in [2.05, 4.69) is 58.7 Å². The molecule has 2 aromatic rings. The topological polar surface area (TPSA) is 33.0 Å². The van der Waals surface area contributed by atoms with Gasteiger partial charge in [-0.25, -0.2) is 0 Å². The second-order valence-corrected chi connectivity index (χ2v) is 8.84. The van der Waals surface area contributed by atoms with Crippen molar-refractivity contribution in [2.75, 3.05) is 5.32 Å². The molecule has 29 heavy (non-hydrogen) atoms. The van der Waals surface area contributed by atoms with Crippen LogP contribution in [0.5, 0.6) is 0 Å². The van der Waals surface area contributed by atoms with Crippen molar-refractivity contribution in [2.24, 2.45) is 0 Å². The summed E-state index contributed by atoms with van der Waals surface area (Å²) >= 11 is 6.27. The van der Waals surface area contributed by atoms with Gasteiger partial charge in [-0.3, -0.25) is 4.79 Å². The Hall–Kier alpha value is -2.39. The largest absolute Gasteiger partial charge is 0.378 e. The Balaban J connectivity index is 1.41. The summed E-state index contributed by atoms with van der Waals surface area (Å²) in [6, 6.07) is 13.0. The molecule has 2 heterocycles. The van der Waals surface area contributed by atoms with Gasteiger partial charge in [0.15, 0.2) is 12.4 Å². The van der Waals surface area contributed by atoms with Gasteiger partial charge in [-0.1, -0.05) is 47.5 Å². The van der Waals surface area contributed by atoms with Gasteiger partial charge >= 0.3 is 0 Å². The minimum atomic E-state index is -0.126. The number of aryl methyl sites for hydroxylation is 1. The van der Waals surface area contributed by atoms with Crippen molar-refractivity contribution in [3.05, 3.63) is 82.2 Å². The molecule has 0 amide bonds. The molecule has 2 aliphatic carbocycles. The molecular weight excluding hydrogens is 380 g/mol. The van der Waals surface area contributed by atoms with Gasteiger partial charge in [0.25, 0.3) is 0 Å². The highest BCUT2D eigenvalue weighted by Crippen LogP contribution is 2.36. The molecule has 0 bridgehead atoms. The summed E-state index contributed by atoms with van der Waals surface area (Å²) in [4.78, 5) is 13.3. The number of allylic oxidation sites excluding steroid dienone is 4. The van der Waals surface area contributed by atoms with E-state index in [0.717, 1.165) is 55.6 Å². The molecule has 2 atom stereocenters. The lowest BCUT2D eigenvalue weighted by Crippen LogP contribution is -2.44. The molecule has 0 saturated carbocycles. The minimum absolute atomic E-state index is 0.126. The fourth-order valence-corrected chi connectivity index (χ4v) is 5.14. The molecule has 0 radical (unpaired) electrons. The number of Topliss-reactive ketones (excluding diaryl/α,β-unsaturated/α-hetero) is 1. The van der Waals surface area contributed by atoms with Crippen LogP contribution in [0.2, 0.25) is 0 Å². The molecule has 1 N–H and O–H groups in total. The molecule has 0 fully saturated rings. The average Bonchev–Trinajstić information content (AvgIpc) is 2.92. The van der Waals surface area contributed by atoms with Crippen LogP contribution in [0.3, 0.4) is 0 Å². The zero-order valence-corrected chi connectivity index (χ0v) is 17.3. The third kappa shape index (κ3) is 3.64. The number of aromatic nitrogens is 1. The van der Waals surface area contributed by atoms with Crippen LogP contribution in [0.15, 0.2) is 71.0 Å². The van der Waals surface area contributed by atoms with Crippen LogP contribution in [0, 0.1) is 0 Å². The van der Waals surface area contributed by atoms with Crippen molar-refractivity contribution in [3.8, 4) is 0 Å². The van der Waals surface area contributed by atoms with Gasteiger partial charge in [0.2, 0.25) is 11.8 Å². The Kier molecular flexibility index (Phi) is 5.01. The lowest BCUT2D eigenvalue weighted by molar-refractivity contribution is -0.709. The maximum atomic E-state index is 13.3. The van der Waals surface area contributed by atoms with E-state index in [1.54, 1.807) is 0 Å². The van der Waals surface area contributed by atoms with Crippen LogP contribution < -0.4 is 9.88 Å². The molecule has 148 valence electrons. The molecule has 1 aromatic heterocycles. The normalized spacial score (nSPS) is 24.2. The second kappa shape index (κ2) is 7.79. The predicted octanol–water partition coefficient (Wildman–Crippen LogP) is 5.58. The number of anilines is 1. The van der Waals surface area contributed by atoms with E-state index in [-0.39, 0.29) is 11.8 Å². The number of halogens is 1. The maximum absolute atomic E-state index is 13.3. The number of fused-ring (bicyclic) bond motifs is 1. The zero-order valence-electron chi connectivity index (χ0n) is 16.5. The summed E-state index contributed by atoms with van der Waals surface area (Å²) < 4.78 is 2.14. The number of nitrogens with zero attached hydrogens (tertiary/aromatic N) is 1. The minimum Gasteiger partial charge on any atom is -0.378 e. The van der Waals surface area contributed by atoms with Crippen molar-refractivity contribution in [2.45, 2.75) is 57.0 Å². The Morgan fingerprint density at radius 3 is 2.72 bits per heavy atom. The SMILES string of the molecule is O=C1C2=C(CCCC1[n+]1ccc3c(c1)CCC(c1ccccc1)N3)CCC(Cl)=C2. The third-order valence-electron chi connectivity index (χ3n) is 6.53. The third-order valence-corrected chi connectivity index (χ3v) is 6.83. The first kappa shape index (κ1) is 18.6. The van der Waals surface area contributed by atoms with Gasteiger partial charge in [-0.15, -0.1) is 0 Å². The van der Waals surface area contributed by atoms with Crippen LogP contribution in [0.25, 0.3) is 0 Å². The van der Waals surface area contributed by atoms with Crippen LogP contribution >= 0.6 is 11.6 Å². The van der Waals surface area contributed by atoms with E-state index in [0.29, 0.717) is 6.04 Å². The molecule has 0 saturated heterocycles. The van der Waals surface area contributed by atoms with Crippen LogP contribution in [-0.2, 0) is 11.2 Å². The highest BCUT2D eigenvalue weighted by molar-refractivity contribution is 6.30. The van der Waals surface area contributed by atoms with E-state index in [9.17, 15) is 4.79 Å². The number of pyridine rings is 1. The quantitative estimate of drug-likeness (QED) is 0.661. The number of ketones is 1. The van der Waals surface area contributed by atoms with E-state index in [4.69, 9.17) is 11.6 Å². The molecule has 1 aliphatic heterocycles. The lowest BCUT2D eigenvalue weighted by Gasteiger charge is -2.27. The Bertz CT molecular complexity index is 1010. The van der Waals surface area contributed by atoms with Gasteiger partial charge in [0.1, 0.15) is 0 Å². The van der Waals surface area contributed by atoms with Crippen molar-refractivity contribution in [1.29, 1.82) is 0 Å². The number of carbonyl (C=O) groups is 1. The van der Waals surface area contributed by atoms with Crippen molar-refractivity contribution in [3.63, 3.8) is 0 Å². The number of hydrogen-bond donors (Lipinski definition) is 1. The van der Waals surface area contributed by atoms with E-state index < -0.39 is 0 Å². The summed E-state index contributed by atoms with van der Waals surface area (Å²) in [6.07, 6.45) is 13.0. The summed E-state index contributed by atoms with van der Waals surface area (Å²) in [6.45, 7) is 0. The zero-order chi connectivity index (χ0) is 19.8. The molecular formula is C25H26ClN2O+. The molecule has 3 aliphatic rings. The van der Waals surface area contributed by atoms with E-state index >= 15 is 0 Å². The molecule has 0 spiro atoms. The molecule has 2 unspecified atom stereocenters. The molecule has 3 nitrogen and oxygen atoms in total. The first-order chi connectivity index (χ1) is 14.2. The number of hydrogen-bond acceptors (Lipinski definition) is 2. The fourth-order valence-electron chi connectivity index (χ4n) is 4.93. The summed E-state index contributed by atoms with van der Waals surface area (Å²) in [5.74, 6) is 0.228. The summed E-state index contributed by atoms with van der Waals surface area (Å²) in [7, 11) is 0. The van der Waals surface area contributed by atoms with Gasteiger partial charge < -0.3 is 5.32 Å². The average molecular weight is 406 g/mol. The van der Waals surface area contributed by atoms with E-state index in [1.165, 1.54) is 22.4 Å². The monoisotopic (exact) mass is 405 g/mol. The van der Waals surface area contributed by atoms with Gasteiger partial charge in [0.05, 0.1) is 6.04 Å². The number of rotatable bonds is 2. The maximum Gasteiger partial charge on any atom is 0.230 e. The van der Waals surface area contributed by atoms with Gasteiger partial charge in [0, 0.05) is 34.3 Å². The number of nitrogens with one attached hydrogen (secondary N) is 1. The Morgan fingerprint density at radius 2 is 1.86 bits per heavy atom. The van der Waals surface area contributed by atoms with Crippen LogP contribution in [0.1, 0.15) is 61.7 Å². The van der Waals surface area contributed by atoms with Gasteiger partial charge in [-0.2, -0.15) is 4.57 Å². The summed E-state index contributed by atoms with van der Waals surface area (Å²) in [5.41, 5.74) is 5.98. The Labute approximate surface area is 177 Å². The summed E-state index contributed by atoms with van der Waals surface area (Å²) in [5, 5.41) is 4.49. The van der Waals surface area contributed by atoms with Crippen LogP contribution in [-0.4, -0.2) is 5.78 Å². The molecule has 1 aromatic carbocycles. The van der Waals surface area contributed by atoms with Crippen molar-refractivity contribution < 1.29 is 9.36 Å². The Morgan fingerprint density at radius 1 is 1.00 bits per heavy atom. The first-order valence-electron chi connectivity index (χ1n) is 10.7.